The molecule has 0 bridgehead atoms. The number of benzene rings is 7. The van der Waals surface area contributed by atoms with Crippen LogP contribution >= 0.6 is 0 Å². The fourth-order valence-electron chi connectivity index (χ4n) is 7.77. The fourth-order valence-corrected chi connectivity index (χ4v) is 7.77. The molecule has 0 amide bonds. The van der Waals surface area contributed by atoms with Crippen molar-refractivity contribution >= 4 is 21.8 Å². The summed E-state index contributed by atoms with van der Waals surface area (Å²) in [5.41, 5.74) is 17.2. The SMILES string of the molecule is c1ccc(-c2cccc(-c3cc(-c4cc(-c5ccnc6ccccc56)cc(-c5ccnc6ccccc56)c4)cc(-c4cccc(-c5ccccc5)c4)n3)c2)cc1. The van der Waals surface area contributed by atoms with Crippen molar-refractivity contribution in [1.29, 1.82) is 0 Å². The van der Waals surface area contributed by atoms with Gasteiger partial charge in [-0.2, -0.15) is 0 Å². The fraction of sp³-hybridized carbons (Fsp3) is 0. The van der Waals surface area contributed by atoms with Crippen molar-refractivity contribution in [2.24, 2.45) is 0 Å². The molecule has 0 aliphatic heterocycles. The minimum absolute atomic E-state index is 0.913. The predicted molar refractivity (Wildman–Crippen MR) is 233 cm³/mol. The third kappa shape index (κ3) is 6.42. The number of fused-ring (bicyclic) bond motifs is 2. The van der Waals surface area contributed by atoms with Crippen LogP contribution in [0.1, 0.15) is 0 Å². The smallest absolute Gasteiger partial charge is 0.0715 e. The molecule has 0 aliphatic rings. The normalized spacial score (nSPS) is 11.2. The van der Waals surface area contributed by atoms with Gasteiger partial charge in [0, 0.05) is 34.3 Å². The monoisotopic (exact) mass is 713 g/mol. The van der Waals surface area contributed by atoms with Gasteiger partial charge in [-0.3, -0.25) is 9.97 Å². The molecule has 10 rings (SSSR count). The standard InChI is InChI=1S/C53H35N3/c1-3-13-36(14-4-1)38-17-11-19-40(29-38)52-34-43(35-53(56-52)41-20-12-18-39(30-41)37-15-5-2-6-16-37)42-31-44(46-25-27-54-50-23-9-7-21-48(46)50)33-45(32-42)47-26-28-55-51-24-10-8-22-49(47)51/h1-35H. The van der Waals surface area contributed by atoms with E-state index < -0.39 is 0 Å². The Hall–Kier alpha value is -7.49. The summed E-state index contributed by atoms with van der Waals surface area (Å²) in [5.74, 6) is 0. The summed E-state index contributed by atoms with van der Waals surface area (Å²) in [6.07, 6.45) is 3.82. The Morgan fingerprint density at radius 2 is 0.625 bits per heavy atom. The number of hydrogen-bond donors (Lipinski definition) is 0. The summed E-state index contributed by atoms with van der Waals surface area (Å²) in [6, 6.07) is 70.9. The molecule has 3 heteroatoms. The van der Waals surface area contributed by atoms with Crippen molar-refractivity contribution in [2.45, 2.75) is 0 Å². The third-order valence-electron chi connectivity index (χ3n) is 10.5. The Morgan fingerprint density at radius 3 is 1.12 bits per heavy atom. The Bertz CT molecular complexity index is 2820. The lowest BCUT2D eigenvalue weighted by atomic mass is 9.90. The molecule has 0 N–H and O–H groups in total. The Labute approximate surface area is 326 Å². The number of rotatable bonds is 7. The molecule has 0 atom stereocenters. The Morgan fingerprint density at radius 1 is 0.250 bits per heavy atom. The van der Waals surface area contributed by atoms with Crippen LogP contribution in [0.5, 0.6) is 0 Å². The summed E-state index contributed by atoms with van der Waals surface area (Å²) in [6.45, 7) is 0. The van der Waals surface area contributed by atoms with Crippen LogP contribution in [-0.4, -0.2) is 15.0 Å². The molecule has 262 valence electrons. The van der Waals surface area contributed by atoms with Crippen molar-refractivity contribution in [2.75, 3.05) is 0 Å². The maximum Gasteiger partial charge on any atom is 0.0715 e. The summed E-state index contributed by atoms with van der Waals surface area (Å²) in [7, 11) is 0. The summed E-state index contributed by atoms with van der Waals surface area (Å²) < 4.78 is 0. The maximum atomic E-state index is 5.40. The molecule has 3 heterocycles. The Kier molecular flexibility index (Phi) is 8.51. The minimum Gasteiger partial charge on any atom is -0.256 e. The van der Waals surface area contributed by atoms with Crippen LogP contribution in [0.4, 0.5) is 0 Å². The van der Waals surface area contributed by atoms with Gasteiger partial charge in [-0.05, 0) is 122 Å². The molecule has 10 aromatic rings. The Balaban J connectivity index is 1.22. The van der Waals surface area contributed by atoms with E-state index in [4.69, 9.17) is 15.0 Å². The summed E-state index contributed by atoms with van der Waals surface area (Å²) in [4.78, 5) is 14.8. The minimum atomic E-state index is 0.913. The second kappa shape index (κ2) is 14.4. The van der Waals surface area contributed by atoms with Crippen LogP contribution in [0.2, 0.25) is 0 Å². The molecule has 56 heavy (non-hydrogen) atoms. The van der Waals surface area contributed by atoms with Crippen LogP contribution in [0.3, 0.4) is 0 Å². The molecule has 3 aromatic heterocycles. The highest BCUT2D eigenvalue weighted by Gasteiger charge is 2.16. The van der Waals surface area contributed by atoms with Crippen molar-refractivity contribution in [3.63, 3.8) is 0 Å². The second-order valence-electron chi connectivity index (χ2n) is 14.1. The van der Waals surface area contributed by atoms with Crippen LogP contribution in [-0.2, 0) is 0 Å². The highest BCUT2D eigenvalue weighted by atomic mass is 14.7. The van der Waals surface area contributed by atoms with Gasteiger partial charge in [0.1, 0.15) is 0 Å². The van der Waals surface area contributed by atoms with Gasteiger partial charge in [0.2, 0.25) is 0 Å². The first-order valence-corrected chi connectivity index (χ1v) is 18.9. The predicted octanol–water partition coefficient (Wildman–Crippen LogP) is 13.8. The summed E-state index contributed by atoms with van der Waals surface area (Å²) in [5, 5.41) is 2.23. The lowest BCUT2D eigenvalue weighted by Crippen LogP contribution is -1.94. The van der Waals surface area contributed by atoms with Crippen LogP contribution < -0.4 is 0 Å². The van der Waals surface area contributed by atoms with Crippen molar-refractivity contribution in [1.82, 2.24) is 15.0 Å². The van der Waals surface area contributed by atoms with E-state index in [0.29, 0.717) is 0 Å². The first kappa shape index (κ1) is 33.1. The largest absolute Gasteiger partial charge is 0.256 e. The first-order chi connectivity index (χ1) is 27.7. The van der Waals surface area contributed by atoms with Gasteiger partial charge in [0.15, 0.2) is 0 Å². The number of nitrogens with zero attached hydrogens (tertiary/aromatic N) is 3. The van der Waals surface area contributed by atoms with E-state index in [9.17, 15) is 0 Å². The highest BCUT2D eigenvalue weighted by Crippen LogP contribution is 2.40. The second-order valence-corrected chi connectivity index (χ2v) is 14.1. The van der Waals surface area contributed by atoms with Gasteiger partial charge in [-0.25, -0.2) is 4.98 Å². The molecule has 0 radical (unpaired) electrons. The molecule has 0 fully saturated rings. The lowest BCUT2D eigenvalue weighted by molar-refractivity contribution is 1.32. The zero-order chi connectivity index (χ0) is 37.3. The van der Waals surface area contributed by atoms with E-state index in [1.165, 1.54) is 11.1 Å². The first-order valence-electron chi connectivity index (χ1n) is 18.9. The highest BCUT2D eigenvalue weighted by molar-refractivity contribution is 6.00. The topological polar surface area (TPSA) is 38.7 Å². The number of aromatic nitrogens is 3. The molecule has 0 aliphatic carbocycles. The van der Waals surface area contributed by atoms with Crippen LogP contribution in [0.25, 0.3) is 100.0 Å². The van der Waals surface area contributed by atoms with Gasteiger partial charge in [-0.15, -0.1) is 0 Å². The average molecular weight is 714 g/mol. The van der Waals surface area contributed by atoms with E-state index in [1.54, 1.807) is 0 Å². The molecular formula is C53H35N3. The third-order valence-corrected chi connectivity index (χ3v) is 10.5. The van der Waals surface area contributed by atoms with Crippen molar-refractivity contribution < 1.29 is 0 Å². The average Bonchev–Trinajstić information content (AvgIpc) is 3.29. The van der Waals surface area contributed by atoms with E-state index >= 15 is 0 Å². The van der Waals surface area contributed by atoms with E-state index in [-0.39, 0.29) is 0 Å². The summed E-state index contributed by atoms with van der Waals surface area (Å²) >= 11 is 0. The molecule has 0 unspecified atom stereocenters. The number of pyridine rings is 3. The molecule has 0 spiro atoms. The van der Waals surface area contributed by atoms with E-state index in [0.717, 1.165) is 88.8 Å². The molecule has 7 aromatic carbocycles. The van der Waals surface area contributed by atoms with Gasteiger partial charge in [0.05, 0.1) is 22.4 Å². The lowest BCUT2D eigenvalue weighted by Gasteiger charge is -2.16. The quantitative estimate of drug-likeness (QED) is 0.165. The van der Waals surface area contributed by atoms with E-state index in [1.807, 2.05) is 24.5 Å². The number of hydrogen-bond acceptors (Lipinski definition) is 3. The van der Waals surface area contributed by atoms with Crippen molar-refractivity contribution in [3.05, 3.63) is 213 Å². The van der Waals surface area contributed by atoms with Crippen molar-refractivity contribution in [3.8, 4) is 78.1 Å². The van der Waals surface area contributed by atoms with Gasteiger partial charge in [0.25, 0.3) is 0 Å². The zero-order valence-corrected chi connectivity index (χ0v) is 30.5. The number of para-hydroxylation sites is 2. The maximum absolute atomic E-state index is 5.40. The molecule has 0 saturated heterocycles. The zero-order valence-electron chi connectivity index (χ0n) is 30.5. The van der Waals surface area contributed by atoms with Crippen LogP contribution in [0, 0.1) is 0 Å². The molecular weight excluding hydrogens is 679 g/mol. The van der Waals surface area contributed by atoms with E-state index in [2.05, 4.69) is 188 Å². The van der Waals surface area contributed by atoms with Gasteiger partial charge >= 0.3 is 0 Å². The molecule has 0 saturated carbocycles. The van der Waals surface area contributed by atoms with Gasteiger partial charge < -0.3 is 0 Å². The van der Waals surface area contributed by atoms with Crippen LogP contribution in [0.15, 0.2) is 213 Å². The molecule has 3 nitrogen and oxygen atoms in total. The van der Waals surface area contributed by atoms with Gasteiger partial charge in [-0.1, -0.05) is 133 Å².